The number of hydrogen-bond donors (Lipinski definition) is 1. The minimum Gasteiger partial charge on any atom is -1.00 e. The molecule has 0 bridgehead atoms. The van der Waals surface area contributed by atoms with Crippen molar-refractivity contribution in [2.45, 2.75) is 136 Å². The van der Waals surface area contributed by atoms with E-state index >= 15 is 0 Å². The van der Waals surface area contributed by atoms with Crippen molar-refractivity contribution in [3.05, 3.63) is 0 Å². The van der Waals surface area contributed by atoms with Gasteiger partial charge in [0.2, 0.25) is 0 Å². The summed E-state index contributed by atoms with van der Waals surface area (Å²) in [7, 11) is -0.636. The zero-order valence-electron chi connectivity index (χ0n) is 20.8. The molecule has 3 N–H and O–H groups in total. The van der Waals surface area contributed by atoms with Crippen molar-refractivity contribution < 1.29 is 12.4 Å². The Balaban J connectivity index is -0.00000104. The lowest BCUT2D eigenvalue weighted by molar-refractivity contribution is -0.00000667. The molecule has 29 heavy (non-hydrogen) atoms. The Labute approximate surface area is 199 Å². The molecular formula is C25H58Cl2NP. The van der Waals surface area contributed by atoms with Crippen molar-refractivity contribution in [1.29, 1.82) is 0 Å². The maximum atomic E-state index is 2.73. The second-order valence-corrected chi connectivity index (χ2v) is 13.7. The van der Waals surface area contributed by atoms with E-state index in [4.69, 9.17) is 0 Å². The molecule has 0 rings (SSSR count). The molecule has 0 spiro atoms. The topological polar surface area (TPSA) is 35.0 Å². The van der Waals surface area contributed by atoms with E-state index < -0.39 is 7.26 Å². The van der Waals surface area contributed by atoms with Gasteiger partial charge < -0.3 is 18.6 Å². The van der Waals surface area contributed by atoms with Gasteiger partial charge >= 0.3 is 0 Å². The van der Waals surface area contributed by atoms with Crippen LogP contribution in [0.3, 0.4) is 0 Å². The molecule has 4 heteroatoms. The first kappa shape index (κ1) is 37.3. The molecule has 0 saturated heterocycles. The van der Waals surface area contributed by atoms with Crippen LogP contribution in [0.1, 0.15) is 136 Å². The number of rotatable bonds is 21. The van der Waals surface area contributed by atoms with Gasteiger partial charge in [0, 0.05) is 13.9 Å². The van der Waals surface area contributed by atoms with Crippen LogP contribution < -0.4 is 18.6 Å². The van der Waals surface area contributed by atoms with Crippen molar-refractivity contribution in [2.24, 2.45) is 0 Å². The summed E-state index contributed by atoms with van der Waals surface area (Å²) in [4.78, 5) is 0. The van der Waals surface area contributed by atoms with Crippen LogP contribution in [0.25, 0.3) is 0 Å². The van der Waals surface area contributed by atoms with Gasteiger partial charge in [-0.2, -0.15) is 0 Å². The molecule has 0 radical (unpaired) electrons. The summed E-state index contributed by atoms with van der Waals surface area (Å²) >= 11 is 0. The summed E-state index contributed by atoms with van der Waals surface area (Å²) in [6, 6.07) is 0. The fourth-order valence-corrected chi connectivity index (χ4v) is 7.79. The molecule has 0 aliphatic carbocycles. The van der Waals surface area contributed by atoms with Gasteiger partial charge in [-0.1, -0.05) is 97.8 Å². The second-order valence-electron chi connectivity index (χ2n) is 9.09. The molecule has 182 valence electrons. The number of hydrogen-bond acceptors (Lipinski definition) is 1. The van der Waals surface area contributed by atoms with Gasteiger partial charge in [-0.3, -0.25) is 0 Å². The normalized spacial score (nSPS) is 10.8. The Kier molecular flexibility index (Phi) is 37.3. The van der Waals surface area contributed by atoms with Crippen molar-refractivity contribution in [3.63, 3.8) is 0 Å². The molecule has 0 atom stereocenters. The van der Waals surface area contributed by atoms with Crippen molar-refractivity contribution in [2.75, 3.05) is 25.2 Å². The van der Waals surface area contributed by atoms with Crippen LogP contribution >= 0.6 is 19.7 Å². The summed E-state index contributed by atoms with van der Waals surface area (Å²) in [6.07, 6.45) is 31.2. The molecular weight excluding hydrogens is 416 g/mol. The highest BCUT2D eigenvalue weighted by molar-refractivity contribution is 7.75. The fraction of sp³-hybridized carbons (Fsp3) is 1.00. The molecule has 0 aliphatic heterocycles. The third-order valence-corrected chi connectivity index (χ3v) is 10.3. The molecule has 0 saturated carbocycles. The highest BCUT2D eigenvalue weighted by atomic mass is 35.5. The Morgan fingerprint density at radius 3 is 0.862 bits per heavy atom. The quantitative estimate of drug-likeness (QED) is 0.137. The predicted octanol–water partition coefficient (Wildman–Crippen LogP) is 7.30. The molecule has 0 fully saturated rings. The predicted molar refractivity (Wildman–Crippen MR) is 140 cm³/mol. The Morgan fingerprint density at radius 2 is 0.621 bits per heavy atom. The van der Waals surface area contributed by atoms with Crippen molar-refractivity contribution >= 4 is 19.7 Å². The van der Waals surface area contributed by atoms with Crippen LogP contribution in [-0.2, 0) is 0 Å². The van der Waals surface area contributed by atoms with Crippen LogP contribution in [0.2, 0.25) is 0 Å². The summed E-state index contributed by atoms with van der Waals surface area (Å²) < 4.78 is 0. The summed E-state index contributed by atoms with van der Waals surface area (Å²) in [5.74, 6) is 0. The van der Waals surface area contributed by atoms with E-state index in [1.165, 1.54) is 116 Å². The number of halogens is 2. The first-order valence-corrected chi connectivity index (χ1v) is 15.3. The lowest BCUT2D eigenvalue weighted by Gasteiger charge is -2.24. The van der Waals surface area contributed by atoms with Crippen LogP contribution in [0.15, 0.2) is 0 Å². The van der Waals surface area contributed by atoms with Crippen LogP contribution in [0.5, 0.6) is 0 Å². The van der Waals surface area contributed by atoms with E-state index in [2.05, 4.69) is 27.4 Å². The maximum absolute atomic E-state index is 2.73. The van der Waals surface area contributed by atoms with Crippen LogP contribution in [0.4, 0.5) is 0 Å². The van der Waals surface area contributed by atoms with E-state index in [-0.39, 0.29) is 31.0 Å². The van der Waals surface area contributed by atoms with Gasteiger partial charge in [-0.15, -0.1) is 12.4 Å². The standard InChI is InChI=1S/C25H54P.2ClH.H3N/c1-5-8-11-14-17-20-23-26(4,24-21-18-15-12-9-6-2)25-22-19-16-13-10-7-3;;;/h5-25H2,1-4H3;2*1H;1H3/q+1;;;/p-1. The average molecular weight is 475 g/mol. The molecule has 0 heterocycles. The largest absolute Gasteiger partial charge is 1.00 e. The average Bonchev–Trinajstić information content (AvgIpc) is 2.64. The van der Waals surface area contributed by atoms with Crippen LogP contribution in [0, 0.1) is 0 Å². The Bertz CT molecular complexity index is 237. The van der Waals surface area contributed by atoms with Crippen molar-refractivity contribution in [1.82, 2.24) is 6.15 Å². The van der Waals surface area contributed by atoms with Gasteiger partial charge in [-0.25, -0.2) is 0 Å². The summed E-state index contributed by atoms with van der Waals surface area (Å²) in [5.41, 5.74) is 0. The monoisotopic (exact) mass is 473 g/mol. The van der Waals surface area contributed by atoms with Crippen molar-refractivity contribution in [3.8, 4) is 0 Å². The minimum atomic E-state index is -0.636. The lowest BCUT2D eigenvalue weighted by Crippen LogP contribution is -3.00. The third-order valence-electron chi connectivity index (χ3n) is 6.15. The SMILES string of the molecule is CCCCCCCC[P+](C)(CCCCCCCC)CCCCCCCC.Cl.N.[Cl-]. The van der Waals surface area contributed by atoms with E-state index in [0.717, 1.165) is 0 Å². The van der Waals surface area contributed by atoms with Gasteiger partial charge in [0.05, 0.1) is 18.5 Å². The van der Waals surface area contributed by atoms with Crippen LogP contribution in [-0.4, -0.2) is 25.2 Å². The lowest BCUT2D eigenvalue weighted by atomic mass is 10.1. The number of unbranched alkanes of at least 4 members (excludes halogenated alkanes) is 15. The third kappa shape index (κ3) is 26.9. The van der Waals surface area contributed by atoms with Gasteiger partial charge in [0.1, 0.15) is 0 Å². The molecule has 0 aliphatic rings. The zero-order chi connectivity index (χ0) is 19.3. The smallest absolute Gasteiger partial charge is 0.0591 e. The second kappa shape index (κ2) is 29.0. The Hall–Kier alpha value is 0.970. The first-order valence-electron chi connectivity index (χ1n) is 12.5. The van der Waals surface area contributed by atoms with Gasteiger partial charge in [-0.05, 0) is 38.5 Å². The minimum absolute atomic E-state index is 0. The Morgan fingerprint density at radius 1 is 0.414 bits per heavy atom. The zero-order valence-corrected chi connectivity index (χ0v) is 23.3. The van der Waals surface area contributed by atoms with E-state index in [0.29, 0.717) is 0 Å². The van der Waals surface area contributed by atoms with Gasteiger partial charge in [0.25, 0.3) is 0 Å². The van der Waals surface area contributed by atoms with E-state index in [9.17, 15) is 0 Å². The first-order chi connectivity index (χ1) is 12.7. The molecule has 0 aromatic heterocycles. The highest BCUT2D eigenvalue weighted by Gasteiger charge is 2.29. The summed E-state index contributed by atoms with van der Waals surface area (Å²) in [6.45, 7) is 9.70. The fourth-order valence-electron chi connectivity index (χ4n) is 4.16. The summed E-state index contributed by atoms with van der Waals surface area (Å²) in [5, 5.41) is 0. The van der Waals surface area contributed by atoms with E-state index in [1.54, 1.807) is 18.5 Å². The highest BCUT2D eigenvalue weighted by Crippen LogP contribution is 2.57. The molecule has 1 nitrogen and oxygen atoms in total. The molecule has 0 amide bonds. The molecule has 0 aromatic carbocycles. The van der Waals surface area contributed by atoms with Gasteiger partial charge in [0.15, 0.2) is 0 Å². The van der Waals surface area contributed by atoms with E-state index in [1.807, 2.05) is 0 Å². The maximum Gasteiger partial charge on any atom is 0.0591 e. The molecule has 0 unspecified atom stereocenters. The molecule has 0 aromatic rings.